The lowest BCUT2D eigenvalue weighted by atomic mass is 10.0. The second kappa shape index (κ2) is 17.0. The molecule has 0 atom stereocenters. The third-order valence-electron chi connectivity index (χ3n) is 7.29. The molecule has 0 radical (unpaired) electrons. The van der Waals surface area contributed by atoms with Gasteiger partial charge in [-0.2, -0.15) is 0 Å². The first-order valence-electron chi connectivity index (χ1n) is 13.8. The molecule has 2 heterocycles. The zero-order valence-corrected chi connectivity index (χ0v) is 24.9. The Morgan fingerprint density at radius 2 is 1.49 bits per heavy atom. The summed E-state index contributed by atoms with van der Waals surface area (Å²) in [7, 11) is 0. The van der Waals surface area contributed by atoms with E-state index in [4.69, 9.17) is 9.47 Å². The molecule has 39 heavy (non-hydrogen) atoms. The highest BCUT2D eigenvalue weighted by Crippen LogP contribution is 2.22. The van der Waals surface area contributed by atoms with Crippen LogP contribution in [0.5, 0.6) is 5.75 Å². The van der Waals surface area contributed by atoms with Crippen LogP contribution in [0.1, 0.15) is 44.2 Å². The van der Waals surface area contributed by atoms with Crippen molar-refractivity contribution in [1.82, 2.24) is 14.7 Å². The molecule has 0 saturated carbocycles. The SMILES string of the molecule is CC(C)Oc1ccc(CC(=O)N(Cc2ccc(F)cc2)C2CCN(CCCN3CCOCC3)CC2)cc1.Cl.Cl. The molecule has 4 rings (SSSR count). The molecule has 0 unspecified atom stereocenters. The number of hydrogen-bond donors (Lipinski definition) is 0. The van der Waals surface area contributed by atoms with Gasteiger partial charge in [0.15, 0.2) is 0 Å². The summed E-state index contributed by atoms with van der Waals surface area (Å²) in [5, 5.41) is 0. The number of hydrogen-bond acceptors (Lipinski definition) is 5. The van der Waals surface area contributed by atoms with Gasteiger partial charge in [0, 0.05) is 38.8 Å². The highest BCUT2D eigenvalue weighted by atomic mass is 35.5. The Bertz CT molecular complexity index is 964. The number of amides is 1. The molecule has 0 aliphatic carbocycles. The Labute approximate surface area is 245 Å². The van der Waals surface area contributed by atoms with E-state index in [-0.39, 0.29) is 48.7 Å². The van der Waals surface area contributed by atoms with Gasteiger partial charge in [-0.1, -0.05) is 24.3 Å². The van der Waals surface area contributed by atoms with Crippen LogP contribution in [-0.4, -0.2) is 85.2 Å². The number of ether oxygens (including phenoxy) is 2. The molecule has 0 aromatic heterocycles. The molecular weight excluding hydrogens is 540 g/mol. The summed E-state index contributed by atoms with van der Waals surface area (Å²) in [5.74, 6) is 0.679. The van der Waals surface area contributed by atoms with E-state index in [1.54, 1.807) is 12.1 Å². The van der Waals surface area contributed by atoms with E-state index in [1.165, 1.54) is 18.6 Å². The molecule has 6 nitrogen and oxygen atoms in total. The van der Waals surface area contributed by atoms with Crippen molar-refractivity contribution in [3.05, 3.63) is 65.5 Å². The molecule has 2 aliphatic rings. The largest absolute Gasteiger partial charge is 0.491 e. The highest BCUT2D eigenvalue weighted by Gasteiger charge is 2.28. The molecule has 2 aliphatic heterocycles. The average Bonchev–Trinajstić information content (AvgIpc) is 2.90. The van der Waals surface area contributed by atoms with Gasteiger partial charge in [-0.05, 0) is 81.6 Å². The molecule has 0 bridgehead atoms. The summed E-state index contributed by atoms with van der Waals surface area (Å²) in [5.41, 5.74) is 1.94. The van der Waals surface area contributed by atoms with E-state index in [0.717, 1.165) is 82.2 Å². The average molecular weight is 585 g/mol. The molecule has 2 saturated heterocycles. The van der Waals surface area contributed by atoms with Crippen LogP contribution in [0.25, 0.3) is 0 Å². The molecule has 2 aromatic carbocycles. The maximum Gasteiger partial charge on any atom is 0.227 e. The van der Waals surface area contributed by atoms with Crippen LogP contribution in [0.2, 0.25) is 0 Å². The first kappa shape index (κ1) is 33.3. The molecule has 218 valence electrons. The van der Waals surface area contributed by atoms with Crippen LogP contribution in [0.4, 0.5) is 4.39 Å². The van der Waals surface area contributed by atoms with Crippen molar-refractivity contribution in [1.29, 1.82) is 0 Å². The monoisotopic (exact) mass is 583 g/mol. The zero-order chi connectivity index (χ0) is 26.0. The van der Waals surface area contributed by atoms with Crippen LogP contribution >= 0.6 is 24.8 Å². The molecular formula is C30H44Cl2FN3O3. The highest BCUT2D eigenvalue weighted by molar-refractivity contribution is 5.85. The van der Waals surface area contributed by atoms with Crippen molar-refractivity contribution in [3.63, 3.8) is 0 Å². The lowest BCUT2D eigenvalue weighted by Gasteiger charge is -2.39. The van der Waals surface area contributed by atoms with Crippen molar-refractivity contribution in [2.75, 3.05) is 52.5 Å². The fraction of sp³-hybridized carbons (Fsp3) is 0.567. The minimum absolute atomic E-state index is 0. The topological polar surface area (TPSA) is 45.2 Å². The van der Waals surface area contributed by atoms with E-state index >= 15 is 0 Å². The van der Waals surface area contributed by atoms with Crippen LogP contribution in [-0.2, 0) is 22.5 Å². The van der Waals surface area contributed by atoms with E-state index < -0.39 is 0 Å². The standard InChI is InChI=1S/C30H42FN3O3.2ClH/c1-24(2)37-29-10-6-25(7-11-29)22-30(35)34(23-26-4-8-27(31)9-5-26)28-12-16-32(17-13-28)14-3-15-33-18-20-36-21-19-33;;/h4-11,24,28H,3,12-23H2,1-2H3;2*1H. The summed E-state index contributed by atoms with van der Waals surface area (Å²) < 4.78 is 24.7. The van der Waals surface area contributed by atoms with Crippen LogP contribution < -0.4 is 4.74 Å². The fourth-order valence-corrected chi connectivity index (χ4v) is 5.24. The van der Waals surface area contributed by atoms with Gasteiger partial charge in [-0.25, -0.2) is 4.39 Å². The number of nitrogens with zero attached hydrogens (tertiary/aromatic N) is 3. The van der Waals surface area contributed by atoms with Gasteiger partial charge in [0.1, 0.15) is 11.6 Å². The van der Waals surface area contributed by atoms with Crippen LogP contribution in [0.15, 0.2) is 48.5 Å². The Kier molecular flexibility index (Phi) is 14.5. The number of morpholine rings is 1. The lowest BCUT2D eigenvalue weighted by Crippen LogP contribution is -2.48. The Balaban J connectivity index is 0.00000267. The zero-order valence-electron chi connectivity index (χ0n) is 23.2. The minimum atomic E-state index is -0.254. The maximum atomic E-state index is 13.6. The third kappa shape index (κ3) is 10.9. The number of carbonyl (C=O) groups is 1. The van der Waals surface area contributed by atoms with Gasteiger partial charge in [0.2, 0.25) is 5.91 Å². The van der Waals surface area contributed by atoms with Gasteiger partial charge >= 0.3 is 0 Å². The lowest BCUT2D eigenvalue weighted by molar-refractivity contribution is -0.134. The first-order valence-corrected chi connectivity index (χ1v) is 13.8. The quantitative estimate of drug-likeness (QED) is 0.363. The molecule has 2 aromatic rings. The maximum absolute atomic E-state index is 13.6. The van der Waals surface area contributed by atoms with Crippen molar-refractivity contribution in [3.8, 4) is 5.75 Å². The van der Waals surface area contributed by atoms with Crippen molar-refractivity contribution in [2.45, 2.75) is 58.2 Å². The van der Waals surface area contributed by atoms with Crippen LogP contribution in [0, 0.1) is 5.82 Å². The minimum Gasteiger partial charge on any atom is -0.491 e. The van der Waals surface area contributed by atoms with Crippen molar-refractivity contribution in [2.24, 2.45) is 0 Å². The molecule has 1 amide bonds. The van der Waals surface area contributed by atoms with Crippen molar-refractivity contribution >= 4 is 30.7 Å². The predicted molar refractivity (Wildman–Crippen MR) is 159 cm³/mol. The fourth-order valence-electron chi connectivity index (χ4n) is 5.24. The van der Waals surface area contributed by atoms with Gasteiger partial charge < -0.3 is 19.3 Å². The third-order valence-corrected chi connectivity index (χ3v) is 7.29. The van der Waals surface area contributed by atoms with Crippen molar-refractivity contribution < 1.29 is 18.7 Å². The van der Waals surface area contributed by atoms with E-state index in [2.05, 4.69) is 9.80 Å². The number of rotatable bonds is 11. The number of carbonyl (C=O) groups excluding carboxylic acids is 1. The Morgan fingerprint density at radius 3 is 2.08 bits per heavy atom. The number of likely N-dealkylation sites (tertiary alicyclic amines) is 1. The summed E-state index contributed by atoms with van der Waals surface area (Å²) in [6.45, 7) is 12.5. The van der Waals surface area contributed by atoms with E-state index in [1.807, 2.05) is 43.0 Å². The van der Waals surface area contributed by atoms with Gasteiger partial charge in [0.25, 0.3) is 0 Å². The summed E-state index contributed by atoms with van der Waals surface area (Å²) in [4.78, 5) is 20.6. The van der Waals surface area contributed by atoms with Crippen LogP contribution in [0.3, 0.4) is 0 Å². The second-order valence-corrected chi connectivity index (χ2v) is 10.5. The van der Waals surface area contributed by atoms with E-state index in [9.17, 15) is 9.18 Å². The summed E-state index contributed by atoms with van der Waals surface area (Å²) in [6, 6.07) is 14.5. The number of piperidine rings is 1. The Hall–Kier alpha value is -1.90. The van der Waals surface area contributed by atoms with Gasteiger partial charge in [0.05, 0.1) is 25.7 Å². The second-order valence-electron chi connectivity index (χ2n) is 10.5. The normalized spacial score (nSPS) is 16.8. The number of benzene rings is 2. The number of halogens is 3. The van der Waals surface area contributed by atoms with Gasteiger partial charge in [-0.15, -0.1) is 24.8 Å². The predicted octanol–water partition coefficient (Wildman–Crippen LogP) is 5.21. The summed E-state index contributed by atoms with van der Waals surface area (Å²) >= 11 is 0. The Morgan fingerprint density at radius 1 is 0.923 bits per heavy atom. The first-order chi connectivity index (χ1) is 18.0. The molecule has 0 spiro atoms. The molecule has 0 N–H and O–H groups in total. The van der Waals surface area contributed by atoms with E-state index in [0.29, 0.717) is 13.0 Å². The smallest absolute Gasteiger partial charge is 0.227 e. The molecule has 2 fully saturated rings. The van der Waals surface area contributed by atoms with Gasteiger partial charge in [-0.3, -0.25) is 9.69 Å². The molecule has 9 heteroatoms. The summed E-state index contributed by atoms with van der Waals surface area (Å²) in [6.07, 6.45) is 3.56.